The van der Waals surface area contributed by atoms with Crippen LogP contribution in [-0.4, -0.2) is 44.9 Å². The topological polar surface area (TPSA) is 171 Å². The number of anilines is 2. The monoisotopic (exact) mass is 530 g/mol. The molecule has 37 heavy (non-hydrogen) atoms. The van der Waals surface area contributed by atoms with Gasteiger partial charge in [0.1, 0.15) is 18.0 Å². The molecular weight excluding hydrogens is 508 g/mol. The van der Waals surface area contributed by atoms with Crippen molar-refractivity contribution in [3.05, 3.63) is 86.5 Å². The van der Waals surface area contributed by atoms with E-state index in [0.717, 1.165) is 18.2 Å². The Morgan fingerprint density at radius 1 is 0.973 bits per heavy atom. The first-order valence-corrected chi connectivity index (χ1v) is 12.0. The summed E-state index contributed by atoms with van der Waals surface area (Å²) in [5.74, 6) is -0.509. The molecule has 0 atom stereocenters. The Bertz CT molecular complexity index is 1470. The Labute approximate surface area is 211 Å². The Morgan fingerprint density at radius 2 is 1.68 bits per heavy atom. The first-order chi connectivity index (χ1) is 17.5. The van der Waals surface area contributed by atoms with Crippen LogP contribution in [0.1, 0.15) is 5.56 Å². The van der Waals surface area contributed by atoms with E-state index in [1.165, 1.54) is 56.7 Å². The molecule has 3 aromatic carbocycles. The van der Waals surface area contributed by atoms with Crippen LogP contribution >= 0.6 is 0 Å². The predicted molar refractivity (Wildman–Crippen MR) is 134 cm³/mol. The van der Waals surface area contributed by atoms with Gasteiger partial charge in [-0.1, -0.05) is 18.2 Å². The van der Waals surface area contributed by atoms with Gasteiger partial charge in [0, 0.05) is 24.3 Å². The molecule has 0 aliphatic carbocycles. The summed E-state index contributed by atoms with van der Waals surface area (Å²) in [5.41, 5.74) is -0.456. The van der Waals surface area contributed by atoms with Crippen LogP contribution < -0.4 is 19.1 Å². The van der Waals surface area contributed by atoms with Crippen molar-refractivity contribution in [1.82, 2.24) is 0 Å². The van der Waals surface area contributed by atoms with E-state index < -0.39 is 42.9 Å². The molecule has 3 aromatic rings. The number of nitrogens with one attached hydrogen (secondary N) is 1. The number of hydrogen-bond acceptors (Lipinski definition) is 9. The zero-order valence-electron chi connectivity index (χ0n) is 19.9. The van der Waals surface area contributed by atoms with Crippen LogP contribution in [0.2, 0.25) is 0 Å². The van der Waals surface area contributed by atoms with Gasteiger partial charge in [-0.15, -0.1) is 0 Å². The predicted octanol–water partition coefficient (Wildman–Crippen LogP) is 3.66. The lowest BCUT2D eigenvalue weighted by molar-refractivity contribution is -0.387. The quantitative estimate of drug-likeness (QED) is 0.303. The van der Waals surface area contributed by atoms with Crippen molar-refractivity contribution in [2.24, 2.45) is 0 Å². The third-order valence-electron chi connectivity index (χ3n) is 5.28. The average Bonchev–Trinajstić information content (AvgIpc) is 2.87. The second-order valence-electron chi connectivity index (χ2n) is 7.58. The van der Waals surface area contributed by atoms with E-state index in [9.17, 15) is 33.4 Å². The summed E-state index contributed by atoms with van der Waals surface area (Å²) >= 11 is 0. The van der Waals surface area contributed by atoms with E-state index in [2.05, 4.69) is 5.32 Å². The fraction of sp³-hybridized carbons (Fsp3) is 0.174. The summed E-state index contributed by atoms with van der Waals surface area (Å²) < 4.78 is 38.6. The molecule has 0 radical (unpaired) electrons. The number of nitro groups is 2. The number of nitrogens with zero attached hydrogens (tertiary/aromatic N) is 3. The Morgan fingerprint density at radius 3 is 2.30 bits per heavy atom. The molecule has 3 rings (SSSR count). The van der Waals surface area contributed by atoms with E-state index in [1.807, 2.05) is 0 Å². The molecular formula is C23H22N4O9S. The maximum absolute atomic E-state index is 13.7. The maximum Gasteiger partial charge on any atom is 0.289 e. The van der Waals surface area contributed by atoms with Gasteiger partial charge in [-0.25, -0.2) is 8.42 Å². The van der Waals surface area contributed by atoms with Gasteiger partial charge in [0.15, 0.2) is 4.90 Å². The Balaban J connectivity index is 2.12. The van der Waals surface area contributed by atoms with E-state index in [-0.39, 0.29) is 22.8 Å². The average molecular weight is 531 g/mol. The zero-order valence-corrected chi connectivity index (χ0v) is 20.7. The molecule has 0 unspecified atom stereocenters. The highest BCUT2D eigenvalue weighted by atomic mass is 32.2. The van der Waals surface area contributed by atoms with E-state index in [1.54, 1.807) is 6.92 Å². The largest absolute Gasteiger partial charge is 0.497 e. The minimum Gasteiger partial charge on any atom is -0.497 e. The van der Waals surface area contributed by atoms with Gasteiger partial charge < -0.3 is 14.8 Å². The second kappa shape index (κ2) is 10.9. The van der Waals surface area contributed by atoms with Gasteiger partial charge >= 0.3 is 0 Å². The standard InChI is InChI=1S/C23H22N4O9S/c1-15-8-9-16(26(29)30)12-18(15)24-23(28)14-25(19-11-10-17(35-2)13-21(19)36-3)37(33,34)22-7-5-4-6-20(22)27(31)32/h4-13H,14H2,1-3H3,(H,24,28). The Kier molecular flexibility index (Phi) is 7.92. The van der Waals surface area contributed by atoms with E-state index >= 15 is 0 Å². The fourth-order valence-electron chi connectivity index (χ4n) is 3.41. The molecule has 0 spiro atoms. The molecule has 1 N–H and O–H groups in total. The summed E-state index contributed by atoms with van der Waals surface area (Å²) in [5, 5.41) is 25.2. The van der Waals surface area contributed by atoms with Gasteiger partial charge in [-0.05, 0) is 30.7 Å². The SMILES string of the molecule is COc1ccc(N(CC(=O)Nc2cc([N+](=O)[O-])ccc2C)S(=O)(=O)c2ccccc2[N+](=O)[O-])c(OC)c1. The summed E-state index contributed by atoms with van der Waals surface area (Å²) in [7, 11) is -2.03. The van der Waals surface area contributed by atoms with Crippen LogP contribution in [0.25, 0.3) is 0 Å². The first kappa shape index (κ1) is 26.9. The molecule has 0 aliphatic rings. The molecule has 14 heteroatoms. The number of benzene rings is 3. The number of rotatable bonds is 10. The van der Waals surface area contributed by atoms with Crippen molar-refractivity contribution < 1.29 is 32.5 Å². The molecule has 0 bridgehead atoms. The number of carbonyl (C=O) groups is 1. The van der Waals surface area contributed by atoms with Gasteiger partial charge in [0.2, 0.25) is 5.91 Å². The summed E-state index contributed by atoms with van der Waals surface area (Å²) in [6, 6.07) is 12.7. The zero-order chi connectivity index (χ0) is 27.3. The highest BCUT2D eigenvalue weighted by molar-refractivity contribution is 7.93. The van der Waals surface area contributed by atoms with Crippen LogP contribution in [0, 0.1) is 27.2 Å². The molecule has 0 saturated heterocycles. The number of methoxy groups -OCH3 is 2. The van der Waals surface area contributed by atoms with Crippen LogP contribution in [0.5, 0.6) is 11.5 Å². The summed E-state index contributed by atoms with van der Waals surface area (Å²) in [6.07, 6.45) is 0. The lowest BCUT2D eigenvalue weighted by atomic mass is 10.2. The van der Waals surface area contributed by atoms with Crippen molar-refractivity contribution in [3.63, 3.8) is 0 Å². The van der Waals surface area contributed by atoms with Crippen LogP contribution in [-0.2, 0) is 14.8 Å². The maximum atomic E-state index is 13.7. The van der Waals surface area contributed by atoms with Gasteiger partial charge in [-0.2, -0.15) is 0 Å². The van der Waals surface area contributed by atoms with Crippen molar-refractivity contribution in [1.29, 1.82) is 0 Å². The number of nitro benzene ring substituents is 2. The smallest absolute Gasteiger partial charge is 0.289 e. The van der Waals surface area contributed by atoms with Crippen molar-refractivity contribution in [3.8, 4) is 11.5 Å². The fourth-order valence-corrected chi connectivity index (χ4v) is 5.01. The van der Waals surface area contributed by atoms with Crippen LogP contribution in [0.3, 0.4) is 0 Å². The molecule has 194 valence electrons. The van der Waals surface area contributed by atoms with E-state index in [4.69, 9.17) is 9.47 Å². The molecule has 13 nitrogen and oxygen atoms in total. The summed E-state index contributed by atoms with van der Waals surface area (Å²) in [4.78, 5) is 33.6. The normalized spacial score (nSPS) is 10.9. The molecule has 1 amide bonds. The number of sulfonamides is 1. The van der Waals surface area contributed by atoms with Crippen LogP contribution in [0.4, 0.5) is 22.7 Å². The minimum atomic E-state index is -4.70. The first-order valence-electron chi connectivity index (χ1n) is 10.5. The van der Waals surface area contributed by atoms with E-state index in [0.29, 0.717) is 15.6 Å². The van der Waals surface area contributed by atoms with Crippen molar-refractivity contribution >= 4 is 38.7 Å². The lowest BCUT2D eigenvalue weighted by Gasteiger charge is -2.26. The molecule has 0 aliphatic heterocycles. The van der Waals surface area contributed by atoms with Crippen molar-refractivity contribution in [2.45, 2.75) is 11.8 Å². The van der Waals surface area contributed by atoms with Gasteiger partial charge in [0.25, 0.3) is 21.4 Å². The molecule has 0 fully saturated rings. The highest BCUT2D eigenvalue weighted by Crippen LogP contribution is 2.37. The third kappa shape index (κ3) is 5.75. The summed E-state index contributed by atoms with van der Waals surface area (Å²) in [6.45, 7) is 0.771. The lowest BCUT2D eigenvalue weighted by Crippen LogP contribution is -2.38. The number of non-ortho nitro benzene ring substituents is 1. The van der Waals surface area contributed by atoms with Crippen LogP contribution in [0.15, 0.2) is 65.6 Å². The second-order valence-corrected chi connectivity index (χ2v) is 9.41. The highest BCUT2D eigenvalue weighted by Gasteiger charge is 2.34. The molecule has 0 heterocycles. The number of amides is 1. The molecule has 0 saturated carbocycles. The third-order valence-corrected chi connectivity index (χ3v) is 7.09. The number of para-hydroxylation sites is 1. The number of hydrogen-bond donors (Lipinski definition) is 1. The minimum absolute atomic E-state index is 0.0147. The Hall–Kier alpha value is -4.72. The van der Waals surface area contributed by atoms with Gasteiger partial charge in [0.05, 0.1) is 35.4 Å². The number of aryl methyl sites for hydroxylation is 1. The molecule has 0 aromatic heterocycles. The van der Waals surface area contributed by atoms with Crippen molar-refractivity contribution in [2.75, 3.05) is 30.4 Å². The van der Waals surface area contributed by atoms with Gasteiger partial charge in [-0.3, -0.25) is 29.3 Å². The number of carbonyl (C=O) groups excluding carboxylic acids is 1. The number of ether oxygens (including phenoxy) is 2.